The van der Waals surface area contributed by atoms with E-state index < -0.39 is 0 Å². The second-order valence-corrected chi connectivity index (χ2v) is 6.75. The number of allylic oxidation sites excluding steroid dienone is 1. The third kappa shape index (κ3) is 4.96. The number of ether oxygens (including phenoxy) is 2. The topological polar surface area (TPSA) is 47.1 Å². The number of methoxy groups -OCH3 is 1. The Labute approximate surface area is 164 Å². The molecule has 0 spiro atoms. The number of aromatic nitrogens is 2. The quantitative estimate of drug-likeness (QED) is 0.427. The second-order valence-electron chi connectivity index (χ2n) is 5.67. The minimum atomic E-state index is 0. The van der Waals surface area contributed by atoms with E-state index in [4.69, 9.17) is 9.47 Å². The van der Waals surface area contributed by atoms with Crippen molar-refractivity contribution in [3.63, 3.8) is 0 Å². The molecule has 3 rings (SSSR count). The molecule has 4 nitrogen and oxygen atoms in total. The van der Waals surface area contributed by atoms with Crippen molar-refractivity contribution in [2.24, 2.45) is 0 Å². The third-order valence-electron chi connectivity index (χ3n) is 3.74. The third-order valence-corrected chi connectivity index (χ3v) is 4.58. The lowest BCUT2D eigenvalue weighted by Crippen LogP contribution is -2.02. The summed E-state index contributed by atoms with van der Waals surface area (Å²) in [6, 6.07) is 12.2. The maximum absolute atomic E-state index is 5.86. The van der Waals surface area contributed by atoms with Crippen LogP contribution in [0.1, 0.15) is 18.1 Å². The van der Waals surface area contributed by atoms with E-state index in [0.29, 0.717) is 6.61 Å². The average molecular weight is 391 g/mol. The van der Waals surface area contributed by atoms with E-state index in [1.165, 1.54) is 5.56 Å². The summed E-state index contributed by atoms with van der Waals surface area (Å²) in [5.74, 6) is 2.31. The van der Waals surface area contributed by atoms with Crippen molar-refractivity contribution >= 4 is 41.3 Å². The lowest BCUT2D eigenvalue weighted by atomic mass is 10.2. The summed E-state index contributed by atoms with van der Waals surface area (Å²) >= 11 is 1.65. The molecule has 0 saturated heterocycles. The van der Waals surface area contributed by atoms with Gasteiger partial charge in [-0.3, -0.25) is 0 Å². The minimum absolute atomic E-state index is 0. The number of nitrogens with zero attached hydrogens (tertiary/aromatic N) is 1. The molecule has 0 aliphatic carbocycles. The Bertz CT molecular complexity index is 893. The fraction of sp³-hybridized carbons (Fsp3) is 0.250. The molecule has 3 aromatic rings. The Kier molecular flexibility index (Phi) is 7.42. The molecule has 0 bridgehead atoms. The van der Waals surface area contributed by atoms with Gasteiger partial charge in [0, 0.05) is 5.75 Å². The van der Waals surface area contributed by atoms with Crippen LogP contribution >= 0.6 is 24.2 Å². The van der Waals surface area contributed by atoms with E-state index in [-0.39, 0.29) is 12.4 Å². The Morgan fingerprint density at radius 2 is 2.00 bits per heavy atom. The first-order valence-electron chi connectivity index (χ1n) is 8.22. The normalized spacial score (nSPS) is 10.9. The largest absolute Gasteiger partial charge is 0.493 e. The summed E-state index contributed by atoms with van der Waals surface area (Å²) in [6.07, 6.45) is 4.03. The van der Waals surface area contributed by atoms with Gasteiger partial charge in [0.1, 0.15) is 0 Å². The minimum Gasteiger partial charge on any atom is -0.493 e. The van der Waals surface area contributed by atoms with Crippen LogP contribution in [-0.2, 0) is 0 Å². The summed E-state index contributed by atoms with van der Waals surface area (Å²) in [7, 11) is 1.66. The van der Waals surface area contributed by atoms with Crippen molar-refractivity contribution in [1.29, 1.82) is 0 Å². The second kappa shape index (κ2) is 9.55. The van der Waals surface area contributed by atoms with Gasteiger partial charge in [0.2, 0.25) is 0 Å². The first-order valence-corrected chi connectivity index (χ1v) is 9.21. The van der Waals surface area contributed by atoms with Crippen LogP contribution in [0.3, 0.4) is 0 Å². The zero-order valence-corrected chi connectivity index (χ0v) is 16.7. The van der Waals surface area contributed by atoms with Crippen LogP contribution in [-0.4, -0.2) is 29.4 Å². The number of hydrogen-bond acceptors (Lipinski definition) is 4. The molecule has 26 heavy (non-hydrogen) atoms. The van der Waals surface area contributed by atoms with Gasteiger partial charge in [-0.1, -0.05) is 36.0 Å². The predicted molar refractivity (Wildman–Crippen MR) is 112 cm³/mol. The van der Waals surface area contributed by atoms with Crippen molar-refractivity contribution < 1.29 is 9.47 Å². The van der Waals surface area contributed by atoms with Crippen LogP contribution in [0.5, 0.6) is 11.5 Å². The molecule has 1 N–H and O–H groups in total. The summed E-state index contributed by atoms with van der Waals surface area (Å²) in [6.45, 7) is 4.66. The van der Waals surface area contributed by atoms with Gasteiger partial charge in [0.25, 0.3) is 0 Å². The Morgan fingerprint density at radius 1 is 1.15 bits per heavy atom. The van der Waals surface area contributed by atoms with E-state index in [2.05, 4.69) is 29.0 Å². The number of aryl methyl sites for hydroxylation is 1. The lowest BCUT2D eigenvalue weighted by molar-refractivity contribution is 0.313. The number of fused-ring (bicyclic) bond motifs is 1. The fourth-order valence-electron chi connectivity index (χ4n) is 2.56. The average Bonchev–Trinajstić information content (AvgIpc) is 3.01. The molecule has 1 aromatic heterocycles. The van der Waals surface area contributed by atoms with E-state index in [1.54, 1.807) is 18.9 Å². The Hall–Kier alpha value is -2.11. The zero-order chi connectivity index (χ0) is 17.6. The molecular weight excluding hydrogens is 368 g/mol. The highest BCUT2D eigenvalue weighted by molar-refractivity contribution is 7.99. The van der Waals surface area contributed by atoms with Crippen LogP contribution < -0.4 is 9.47 Å². The molecule has 0 aliphatic heterocycles. The van der Waals surface area contributed by atoms with Crippen LogP contribution in [0.2, 0.25) is 0 Å². The molecule has 0 radical (unpaired) electrons. The van der Waals surface area contributed by atoms with Crippen molar-refractivity contribution in [1.82, 2.24) is 9.97 Å². The SMILES string of the molecule is C/C=C/c1ccc(OCCSc2nc3ccc(C)cc3[nH]2)c(OC)c1.Cl. The number of thioether (sulfide) groups is 1. The number of hydrogen-bond donors (Lipinski definition) is 1. The van der Waals surface area contributed by atoms with Crippen molar-refractivity contribution in [2.75, 3.05) is 19.5 Å². The first-order chi connectivity index (χ1) is 12.2. The van der Waals surface area contributed by atoms with Crippen LogP contribution in [0.4, 0.5) is 0 Å². The van der Waals surface area contributed by atoms with Gasteiger partial charge in [-0.05, 0) is 49.2 Å². The molecular formula is C20H23ClN2O2S. The number of nitrogens with one attached hydrogen (secondary N) is 1. The zero-order valence-electron chi connectivity index (χ0n) is 15.1. The molecule has 0 atom stereocenters. The van der Waals surface area contributed by atoms with E-state index in [1.807, 2.05) is 43.3 Å². The first kappa shape index (κ1) is 20.2. The molecule has 2 aromatic carbocycles. The fourth-order valence-corrected chi connectivity index (χ4v) is 3.26. The van der Waals surface area contributed by atoms with Crippen molar-refractivity contribution in [3.05, 3.63) is 53.6 Å². The van der Waals surface area contributed by atoms with Gasteiger partial charge in [-0.25, -0.2) is 4.98 Å². The smallest absolute Gasteiger partial charge is 0.166 e. The van der Waals surface area contributed by atoms with Crippen LogP contribution in [0, 0.1) is 6.92 Å². The number of imidazole rings is 1. The van der Waals surface area contributed by atoms with Crippen molar-refractivity contribution in [3.8, 4) is 11.5 Å². The highest BCUT2D eigenvalue weighted by Crippen LogP contribution is 2.29. The summed E-state index contributed by atoms with van der Waals surface area (Å²) in [5, 5.41) is 0.916. The molecule has 0 saturated carbocycles. The monoisotopic (exact) mass is 390 g/mol. The van der Waals surface area contributed by atoms with Gasteiger partial charge < -0.3 is 14.5 Å². The van der Waals surface area contributed by atoms with Gasteiger partial charge >= 0.3 is 0 Å². The Morgan fingerprint density at radius 3 is 2.77 bits per heavy atom. The summed E-state index contributed by atoms with van der Waals surface area (Å²) in [4.78, 5) is 7.93. The number of halogens is 1. The van der Waals surface area contributed by atoms with Gasteiger partial charge in [0.15, 0.2) is 16.7 Å². The molecule has 0 unspecified atom stereocenters. The molecule has 0 aliphatic rings. The number of aromatic amines is 1. The van der Waals surface area contributed by atoms with Gasteiger partial charge in [-0.15, -0.1) is 12.4 Å². The standard InChI is InChI=1S/C20H22N2O2S.ClH/c1-4-5-15-7-9-18(19(13-15)23-3)24-10-11-25-20-21-16-8-6-14(2)12-17(16)22-20;/h4-9,12-13H,10-11H2,1-3H3,(H,21,22);1H/b5-4+;. The summed E-state index contributed by atoms with van der Waals surface area (Å²) < 4.78 is 11.3. The Balaban J connectivity index is 0.00000243. The maximum atomic E-state index is 5.86. The summed E-state index contributed by atoms with van der Waals surface area (Å²) in [5.41, 5.74) is 4.39. The number of H-pyrrole nitrogens is 1. The molecule has 1 heterocycles. The highest BCUT2D eigenvalue weighted by Gasteiger charge is 2.06. The highest BCUT2D eigenvalue weighted by atomic mass is 35.5. The predicted octanol–water partition coefficient (Wildman–Crippen LogP) is 5.51. The number of rotatable bonds is 7. The van der Waals surface area contributed by atoms with Crippen LogP contribution in [0.15, 0.2) is 47.6 Å². The molecule has 6 heteroatoms. The van der Waals surface area contributed by atoms with Crippen molar-refractivity contribution in [2.45, 2.75) is 19.0 Å². The van der Waals surface area contributed by atoms with Gasteiger partial charge in [-0.2, -0.15) is 0 Å². The van der Waals surface area contributed by atoms with E-state index >= 15 is 0 Å². The number of benzene rings is 2. The van der Waals surface area contributed by atoms with Crippen LogP contribution in [0.25, 0.3) is 17.1 Å². The molecule has 0 amide bonds. The lowest BCUT2D eigenvalue weighted by Gasteiger charge is -2.11. The van der Waals surface area contributed by atoms with E-state index in [9.17, 15) is 0 Å². The van der Waals surface area contributed by atoms with Gasteiger partial charge in [0.05, 0.1) is 24.8 Å². The maximum Gasteiger partial charge on any atom is 0.166 e. The molecule has 0 fully saturated rings. The molecule has 138 valence electrons. The van der Waals surface area contributed by atoms with E-state index in [0.717, 1.165) is 39.0 Å².